The molecule has 0 radical (unpaired) electrons. The third-order valence-corrected chi connectivity index (χ3v) is 15.9. The van der Waals surface area contributed by atoms with Crippen LogP contribution in [-0.2, 0) is 57.1 Å². The van der Waals surface area contributed by atoms with Gasteiger partial charge in [-0.3, -0.25) is 14.4 Å². The van der Waals surface area contributed by atoms with Gasteiger partial charge in [0.05, 0.1) is 25.0 Å². The summed E-state index contributed by atoms with van der Waals surface area (Å²) in [5.41, 5.74) is 3.65. The lowest BCUT2D eigenvalue weighted by Crippen LogP contribution is -2.52. The number of halogens is 6. The highest BCUT2D eigenvalue weighted by atomic mass is 19.4. The first-order chi connectivity index (χ1) is 35.2. The van der Waals surface area contributed by atoms with Gasteiger partial charge in [0, 0.05) is 13.0 Å². The van der Waals surface area contributed by atoms with Crippen molar-refractivity contribution in [1.82, 2.24) is 16.0 Å². The number of aryl methyl sites for hydroxylation is 2. The lowest BCUT2D eigenvalue weighted by Gasteiger charge is -2.54. The van der Waals surface area contributed by atoms with Gasteiger partial charge in [0.1, 0.15) is 11.5 Å². The molecule has 6 atom stereocenters. The van der Waals surface area contributed by atoms with Gasteiger partial charge in [-0.25, -0.2) is 14.4 Å². The van der Waals surface area contributed by atoms with Crippen LogP contribution in [0.15, 0.2) is 36.4 Å². The van der Waals surface area contributed by atoms with Gasteiger partial charge in [-0.15, -0.1) is 0 Å². The number of rotatable bonds is 19. The Bertz CT molecular complexity index is 2140. The van der Waals surface area contributed by atoms with E-state index in [1.54, 1.807) is 0 Å². The molecule has 0 spiro atoms. The van der Waals surface area contributed by atoms with Crippen LogP contribution in [0.3, 0.4) is 0 Å². The maximum absolute atomic E-state index is 12.9. The zero-order valence-corrected chi connectivity index (χ0v) is 43.9. The molecule has 75 heavy (non-hydrogen) atoms. The van der Waals surface area contributed by atoms with E-state index < -0.39 is 41.2 Å². The van der Waals surface area contributed by atoms with E-state index in [-0.39, 0.29) is 40.6 Å². The number of fused-ring (bicyclic) bond motifs is 6. The topological polar surface area (TPSA) is 216 Å². The van der Waals surface area contributed by atoms with Crippen LogP contribution >= 0.6 is 0 Å². The highest BCUT2D eigenvalue weighted by Gasteiger charge is 2.57. The second-order valence-electron chi connectivity index (χ2n) is 20.9. The summed E-state index contributed by atoms with van der Waals surface area (Å²) in [6.07, 6.45) is 5.14. The Labute approximate surface area is 434 Å². The van der Waals surface area contributed by atoms with Crippen molar-refractivity contribution in [1.29, 1.82) is 0 Å². The predicted octanol–water partition coefficient (Wildman–Crippen LogP) is 9.92. The fourth-order valence-electron chi connectivity index (χ4n) is 12.2. The molecule has 0 aromatic heterocycles. The first-order valence-corrected chi connectivity index (χ1v) is 25.8. The van der Waals surface area contributed by atoms with Crippen LogP contribution in [0.4, 0.5) is 31.1 Å². The van der Waals surface area contributed by atoms with E-state index in [0.29, 0.717) is 24.5 Å². The number of aliphatic carboxylic acids is 2. The molecule has 15 nitrogen and oxygen atoms in total. The number of ether oxygens (including phenoxy) is 4. The van der Waals surface area contributed by atoms with Gasteiger partial charge in [0.25, 0.3) is 0 Å². The number of benzene rings is 2. The molecular weight excluding hydrogens is 997 g/mol. The molecule has 2 aromatic rings. The molecule has 0 aliphatic heterocycles. The summed E-state index contributed by atoms with van der Waals surface area (Å²) in [5, 5.41) is 24.1. The minimum absolute atomic E-state index is 0.112. The molecule has 1 amide bonds. The monoisotopic (exact) mass is 1070 g/mol. The van der Waals surface area contributed by atoms with Gasteiger partial charge < -0.3 is 45.1 Å². The smallest absolute Gasteiger partial charge is 0.475 e. The van der Waals surface area contributed by atoms with E-state index in [9.17, 15) is 45.5 Å². The van der Waals surface area contributed by atoms with Gasteiger partial charge in [0.2, 0.25) is 0 Å². The molecule has 5 N–H and O–H groups in total. The summed E-state index contributed by atoms with van der Waals surface area (Å²) >= 11 is 0. The van der Waals surface area contributed by atoms with Crippen molar-refractivity contribution < 1.29 is 84.3 Å². The number of amides is 1. The average Bonchev–Trinajstić information content (AvgIpc) is 3.34. The molecular formula is C54H75F6N3O12. The lowest BCUT2D eigenvalue weighted by atomic mass is 9.50. The number of alkyl halides is 6. The zero-order valence-electron chi connectivity index (χ0n) is 43.9. The number of esters is 3. The second kappa shape index (κ2) is 27.0. The molecule has 2 saturated carbocycles. The van der Waals surface area contributed by atoms with Crippen LogP contribution in [0.25, 0.3) is 0 Å². The third kappa shape index (κ3) is 16.3. The highest BCUT2D eigenvalue weighted by molar-refractivity contribution is 5.78. The van der Waals surface area contributed by atoms with E-state index in [4.69, 9.17) is 38.7 Å². The standard InChI is InChI=1S/C50H73N3O8.2C2HF3O2/c1-47-24-12-26-49(3,44(55)58-5)41(47)22-18-35-16-20-37(33-39(35)47)60-43(54)15-11-30-51-28-9-7-8-10-29-52-31-14-32-53-46(57)61-38-21-17-36-19-23-42-48(2,40(36)34-38)25-13-27-50(42,4)45(56)59-6;2*3-2(4,5)1(6)7/h16-17,20-21,33-34,41-42,51-52H,7-15,18-19,22-32H2,1-6H3,(H,53,57);2*(H,6,7)/t41-,42-,47-,48-,49+,50+;;/m1../s1. The quantitative estimate of drug-likeness (QED) is 0.0383. The van der Waals surface area contributed by atoms with Gasteiger partial charge >= 0.3 is 48.3 Å². The van der Waals surface area contributed by atoms with Crippen LogP contribution in [0.2, 0.25) is 0 Å². The van der Waals surface area contributed by atoms with E-state index in [2.05, 4.69) is 61.8 Å². The van der Waals surface area contributed by atoms with E-state index in [0.717, 1.165) is 129 Å². The number of hydrogen-bond donors (Lipinski definition) is 5. The van der Waals surface area contributed by atoms with Gasteiger partial charge in [-0.05, 0) is 186 Å². The van der Waals surface area contributed by atoms with Gasteiger partial charge in [-0.1, -0.05) is 51.7 Å². The van der Waals surface area contributed by atoms with Crippen LogP contribution in [0.5, 0.6) is 11.5 Å². The van der Waals surface area contributed by atoms with Crippen LogP contribution in [0.1, 0.15) is 146 Å². The summed E-state index contributed by atoms with van der Waals surface area (Å²) in [6, 6.07) is 12.1. The Hall–Kier alpha value is -5.44. The molecule has 21 heteroatoms. The van der Waals surface area contributed by atoms with E-state index >= 15 is 0 Å². The highest BCUT2D eigenvalue weighted by Crippen LogP contribution is 2.59. The molecule has 4 aliphatic carbocycles. The molecule has 420 valence electrons. The first-order valence-electron chi connectivity index (χ1n) is 25.8. The summed E-state index contributed by atoms with van der Waals surface area (Å²) < 4.78 is 85.5. The predicted molar refractivity (Wildman–Crippen MR) is 264 cm³/mol. The summed E-state index contributed by atoms with van der Waals surface area (Å²) in [5.74, 6) is -4.45. The molecule has 0 heterocycles. The lowest BCUT2D eigenvalue weighted by molar-refractivity contribution is -0.193. The maximum atomic E-state index is 12.9. The van der Waals surface area contributed by atoms with Crippen molar-refractivity contribution in [2.75, 3.05) is 46.9 Å². The van der Waals surface area contributed by atoms with Gasteiger partial charge in [-0.2, -0.15) is 26.3 Å². The Kier molecular flexibility index (Phi) is 22.4. The number of methoxy groups -OCH3 is 2. The van der Waals surface area contributed by atoms with Crippen molar-refractivity contribution in [2.24, 2.45) is 22.7 Å². The number of nitrogens with one attached hydrogen (secondary N) is 3. The van der Waals surface area contributed by atoms with E-state index in [1.165, 1.54) is 36.5 Å². The van der Waals surface area contributed by atoms with E-state index in [1.807, 2.05) is 18.2 Å². The van der Waals surface area contributed by atoms with Crippen LogP contribution < -0.4 is 25.4 Å². The molecule has 0 saturated heterocycles. The summed E-state index contributed by atoms with van der Waals surface area (Å²) in [7, 11) is 2.98. The molecule has 2 aromatic carbocycles. The Morgan fingerprint density at radius 3 is 1.39 bits per heavy atom. The first kappa shape index (κ1) is 62.1. The van der Waals surface area contributed by atoms with Crippen molar-refractivity contribution >= 4 is 35.9 Å². The average molecular weight is 1070 g/mol. The Morgan fingerprint density at radius 1 is 0.573 bits per heavy atom. The van der Waals surface area contributed by atoms with Crippen molar-refractivity contribution in [3.05, 3.63) is 58.7 Å². The van der Waals surface area contributed by atoms with Crippen molar-refractivity contribution in [2.45, 2.75) is 160 Å². The molecule has 2 fully saturated rings. The molecule has 0 bridgehead atoms. The zero-order chi connectivity index (χ0) is 55.8. The minimum Gasteiger partial charge on any atom is -0.475 e. The molecule has 4 aliphatic rings. The Morgan fingerprint density at radius 2 is 0.973 bits per heavy atom. The summed E-state index contributed by atoms with van der Waals surface area (Å²) in [4.78, 5) is 69.0. The van der Waals surface area contributed by atoms with Crippen LogP contribution in [0, 0.1) is 22.7 Å². The van der Waals surface area contributed by atoms with Crippen molar-refractivity contribution in [3.63, 3.8) is 0 Å². The number of carboxylic acids is 2. The number of hydrogen-bond acceptors (Lipinski definition) is 12. The van der Waals surface area contributed by atoms with Crippen LogP contribution in [-0.4, -0.2) is 105 Å². The van der Waals surface area contributed by atoms with Crippen molar-refractivity contribution in [3.8, 4) is 11.5 Å². The number of carbonyl (C=O) groups excluding carboxylic acids is 4. The largest absolute Gasteiger partial charge is 0.490 e. The van der Waals surface area contributed by atoms with Gasteiger partial charge in [0.15, 0.2) is 0 Å². The SMILES string of the molecule is COC(=O)[C@@]1(C)CCC[C@]2(C)c3cc(OC(=O)CCCNCCCCCCNCCCNC(=O)Oc4ccc5c(c4)[C@@]4(C)CCC[C@](C)(C(=O)OC)[C@@H]4CC5)ccc3CC[C@@H]12.O=C(O)C(F)(F)F.O=C(O)C(F)(F)F. The maximum Gasteiger partial charge on any atom is 0.490 e. The summed E-state index contributed by atoms with van der Waals surface area (Å²) in [6.45, 7) is 12.7. The minimum atomic E-state index is -5.08. The Balaban J connectivity index is 0.000000763. The fraction of sp³-hybridized carbons (Fsp3) is 0.667. The molecule has 6 rings (SSSR count). The molecule has 0 unspecified atom stereocenters. The normalized spacial score (nSPS) is 24.6. The fourth-order valence-corrected chi connectivity index (χ4v) is 12.2. The number of carboxylic acid groups (broad SMARTS) is 2. The number of unbranched alkanes of at least 4 members (excludes halogenated alkanes) is 3. The third-order valence-electron chi connectivity index (χ3n) is 15.9. The second-order valence-corrected chi connectivity index (χ2v) is 20.9. The number of carbonyl (C=O) groups is 6.